The van der Waals surface area contributed by atoms with Crippen LogP contribution in [0.4, 0.5) is 9.52 Å². The molecular weight excluding hydrogens is 495 g/mol. The van der Waals surface area contributed by atoms with Gasteiger partial charge in [-0.25, -0.2) is 14.2 Å². The van der Waals surface area contributed by atoms with Crippen LogP contribution in [0.3, 0.4) is 0 Å². The fraction of sp³-hybridized carbons (Fsp3) is 0.400. The molecule has 0 bridgehead atoms. The molecule has 1 amide bonds. The van der Waals surface area contributed by atoms with E-state index in [2.05, 4.69) is 10.3 Å². The average Bonchev–Trinajstić information content (AvgIpc) is 3.34. The fourth-order valence-corrected chi connectivity index (χ4v) is 3.77. The molecule has 3 atom stereocenters. The number of carboxylic acids is 1. The monoisotopic (exact) mass is 522 g/mol. The highest BCUT2D eigenvalue weighted by atomic mass is 32.1. The predicted octanol–water partition coefficient (Wildman–Crippen LogP) is 3.70. The van der Waals surface area contributed by atoms with Crippen molar-refractivity contribution in [3.8, 4) is 11.3 Å². The molecule has 1 aromatic heterocycles. The van der Waals surface area contributed by atoms with E-state index in [9.17, 15) is 18.8 Å². The normalized spacial score (nSPS) is 17.2. The Morgan fingerprint density at radius 3 is 2.31 bits per heavy atom. The summed E-state index contributed by atoms with van der Waals surface area (Å²) in [6.07, 6.45) is -1.70. The lowest BCUT2D eigenvalue weighted by atomic mass is 9.90. The van der Waals surface area contributed by atoms with Crippen LogP contribution in [0.5, 0.6) is 0 Å². The molecular formula is C20H27FN2O5S4. The predicted molar refractivity (Wildman–Crippen MR) is 136 cm³/mol. The van der Waals surface area contributed by atoms with E-state index in [0.29, 0.717) is 17.2 Å². The number of hydrogen-bond acceptors (Lipinski definition) is 6. The van der Waals surface area contributed by atoms with Crippen molar-refractivity contribution in [1.82, 2.24) is 4.98 Å². The van der Waals surface area contributed by atoms with Crippen LogP contribution in [0.2, 0.25) is 0 Å². The molecule has 1 aliphatic heterocycles. The number of rotatable bonds is 9. The number of benzene rings is 1. The van der Waals surface area contributed by atoms with Gasteiger partial charge in [0.05, 0.1) is 5.69 Å². The third-order valence-corrected chi connectivity index (χ3v) is 5.26. The maximum absolute atomic E-state index is 13.1. The topological polar surface area (TPSA) is 109 Å². The van der Waals surface area contributed by atoms with Gasteiger partial charge in [-0.1, -0.05) is 13.8 Å². The van der Waals surface area contributed by atoms with Crippen molar-refractivity contribution in [1.29, 1.82) is 0 Å². The van der Waals surface area contributed by atoms with Crippen LogP contribution in [0.1, 0.15) is 26.7 Å². The maximum atomic E-state index is 13.1. The third-order valence-electron chi connectivity index (χ3n) is 4.50. The third kappa shape index (κ3) is 8.07. The number of epoxide rings is 1. The van der Waals surface area contributed by atoms with Crippen molar-refractivity contribution < 1.29 is 28.6 Å². The quantitative estimate of drug-likeness (QED) is 0.486. The zero-order valence-electron chi connectivity index (χ0n) is 17.4. The molecule has 32 heavy (non-hydrogen) atoms. The number of nitrogens with one attached hydrogen (secondary N) is 1. The molecule has 0 radical (unpaired) electrons. The van der Waals surface area contributed by atoms with Crippen LogP contribution in [-0.4, -0.2) is 40.0 Å². The Bertz CT molecular complexity index is 923. The molecule has 1 aliphatic rings. The summed E-state index contributed by atoms with van der Waals surface area (Å²) in [4.78, 5) is 40.2. The summed E-state index contributed by atoms with van der Waals surface area (Å²) >= 11 is 1.23. The van der Waals surface area contributed by atoms with Gasteiger partial charge in [-0.05, 0) is 36.6 Å². The minimum Gasteiger partial charge on any atom is -0.479 e. The molecule has 7 nitrogen and oxygen atoms in total. The lowest BCUT2D eigenvalue weighted by molar-refractivity contribution is -0.138. The number of carboxylic acid groups (broad SMARTS) is 1. The van der Waals surface area contributed by atoms with Crippen LogP contribution in [0, 0.1) is 17.7 Å². The highest BCUT2D eigenvalue weighted by Crippen LogP contribution is 2.29. The van der Waals surface area contributed by atoms with Gasteiger partial charge in [0.2, 0.25) is 5.91 Å². The fourth-order valence-electron chi connectivity index (χ4n) is 3.05. The zero-order chi connectivity index (χ0) is 21.1. The van der Waals surface area contributed by atoms with Crippen molar-refractivity contribution in [3.63, 3.8) is 0 Å². The molecule has 3 rings (SSSR count). The van der Waals surface area contributed by atoms with Gasteiger partial charge in [0.15, 0.2) is 23.1 Å². The summed E-state index contributed by atoms with van der Waals surface area (Å²) in [6, 6.07) is 5.87. The van der Waals surface area contributed by atoms with Crippen molar-refractivity contribution in [3.05, 3.63) is 35.5 Å². The lowest BCUT2D eigenvalue weighted by Crippen LogP contribution is -2.28. The first kappa shape index (κ1) is 30.4. The standard InChI is InChI=1S/C20H21FN2O5S.3H2S/c1-10(2)7-12(8-15(24)16-17(28-16)19(26)27)18(25)23-20-22-14(9-29-20)11-3-5-13(21)6-4-11;;;/h3-6,9-10,12,16-17H,7-8H2,1-2H3,(H,26,27)(H,22,23,25);3*1H2/t12-,16-,17+;;;/m1.../s1. The van der Waals surface area contributed by atoms with Crippen LogP contribution >= 0.6 is 51.8 Å². The molecule has 0 spiro atoms. The van der Waals surface area contributed by atoms with Crippen LogP contribution in [0.15, 0.2) is 29.6 Å². The number of aromatic nitrogens is 1. The number of amides is 1. The van der Waals surface area contributed by atoms with Gasteiger partial charge >= 0.3 is 5.97 Å². The first-order valence-corrected chi connectivity index (χ1v) is 10.1. The van der Waals surface area contributed by atoms with Gasteiger partial charge in [0.25, 0.3) is 0 Å². The van der Waals surface area contributed by atoms with Crippen molar-refractivity contribution >= 4 is 74.6 Å². The first-order valence-electron chi connectivity index (χ1n) is 9.18. The highest BCUT2D eigenvalue weighted by molar-refractivity contribution is 7.59. The molecule has 1 fully saturated rings. The number of ketones is 1. The molecule has 0 aliphatic carbocycles. The van der Waals surface area contributed by atoms with Gasteiger partial charge < -0.3 is 15.2 Å². The molecule has 12 heteroatoms. The van der Waals surface area contributed by atoms with Crippen LogP contribution in [-0.2, 0) is 19.1 Å². The molecule has 0 saturated carbocycles. The number of aliphatic carboxylic acids is 1. The van der Waals surface area contributed by atoms with Crippen LogP contribution < -0.4 is 5.32 Å². The van der Waals surface area contributed by atoms with E-state index in [1.807, 2.05) is 13.8 Å². The number of hydrogen-bond donors (Lipinski definition) is 2. The van der Waals surface area contributed by atoms with E-state index in [-0.39, 0.29) is 70.3 Å². The second-order valence-electron chi connectivity index (χ2n) is 7.35. The molecule has 0 unspecified atom stereocenters. The minimum absolute atomic E-state index is 0. The van der Waals surface area contributed by atoms with E-state index in [1.165, 1.54) is 23.5 Å². The van der Waals surface area contributed by atoms with E-state index in [1.54, 1.807) is 17.5 Å². The number of nitrogens with zero attached hydrogens (tertiary/aromatic N) is 1. The van der Waals surface area contributed by atoms with Crippen molar-refractivity contribution in [2.75, 3.05) is 5.32 Å². The Hall–Kier alpha value is -1.60. The summed E-state index contributed by atoms with van der Waals surface area (Å²) in [6.45, 7) is 3.88. The SMILES string of the molecule is CC(C)C[C@H](CC(=O)[C@H]1O[C@@H]1C(=O)O)C(=O)Nc1nc(-c2ccc(F)cc2)cs1.S.S.S. The smallest absolute Gasteiger partial charge is 0.336 e. The Morgan fingerprint density at radius 2 is 1.78 bits per heavy atom. The zero-order valence-corrected chi connectivity index (χ0v) is 21.2. The Labute approximate surface area is 210 Å². The lowest BCUT2D eigenvalue weighted by Gasteiger charge is -2.17. The second-order valence-corrected chi connectivity index (χ2v) is 8.20. The number of halogens is 1. The number of carbonyl (C=O) groups is 3. The minimum atomic E-state index is -1.18. The number of anilines is 1. The summed E-state index contributed by atoms with van der Waals surface area (Å²) in [7, 11) is 0. The van der Waals surface area contributed by atoms with E-state index < -0.39 is 24.1 Å². The molecule has 1 saturated heterocycles. The van der Waals surface area contributed by atoms with Gasteiger partial charge in [-0.2, -0.15) is 40.5 Å². The van der Waals surface area contributed by atoms with E-state index >= 15 is 0 Å². The Morgan fingerprint density at radius 1 is 1.16 bits per heavy atom. The second kappa shape index (κ2) is 13.2. The molecule has 1 aromatic carbocycles. The molecule has 2 heterocycles. The van der Waals surface area contributed by atoms with Gasteiger partial charge in [-0.15, -0.1) is 11.3 Å². The van der Waals surface area contributed by atoms with Gasteiger partial charge in [0.1, 0.15) is 5.82 Å². The largest absolute Gasteiger partial charge is 0.479 e. The summed E-state index contributed by atoms with van der Waals surface area (Å²) in [5, 5.41) is 13.7. The Balaban J connectivity index is 0.00000320. The first-order chi connectivity index (χ1) is 13.7. The molecule has 2 N–H and O–H groups in total. The summed E-state index contributed by atoms with van der Waals surface area (Å²) in [5.41, 5.74) is 1.33. The van der Waals surface area contributed by atoms with E-state index in [4.69, 9.17) is 9.84 Å². The maximum Gasteiger partial charge on any atom is 0.336 e. The highest BCUT2D eigenvalue weighted by Gasteiger charge is 2.50. The molecule has 178 valence electrons. The van der Waals surface area contributed by atoms with E-state index in [0.717, 1.165) is 5.56 Å². The van der Waals surface area contributed by atoms with Gasteiger partial charge in [0, 0.05) is 23.3 Å². The van der Waals surface area contributed by atoms with Crippen molar-refractivity contribution in [2.45, 2.75) is 38.9 Å². The van der Waals surface area contributed by atoms with Gasteiger partial charge in [-0.3, -0.25) is 9.59 Å². The number of ether oxygens (including phenoxy) is 1. The molecule has 2 aromatic rings. The van der Waals surface area contributed by atoms with Crippen molar-refractivity contribution in [2.24, 2.45) is 11.8 Å². The van der Waals surface area contributed by atoms with Crippen LogP contribution in [0.25, 0.3) is 11.3 Å². The number of Topliss-reactive ketones (excluding diaryl/α,β-unsaturated/α-hetero) is 1. The Kier molecular flexibility index (Phi) is 12.5. The average molecular weight is 523 g/mol. The number of thiazole rings is 1. The summed E-state index contributed by atoms with van der Waals surface area (Å²) in [5.74, 6) is -2.70. The number of carbonyl (C=O) groups excluding carboxylic acids is 2. The summed E-state index contributed by atoms with van der Waals surface area (Å²) < 4.78 is 17.9.